The maximum absolute atomic E-state index is 12.9. The number of ether oxygens (including phenoxy) is 1. The molecule has 3 heterocycles. The fraction of sp³-hybridized carbons (Fsp3) is 0.706. The molecule has 2 saturated heterocycles. The van der Waals surface area contributed by atoms with Crippen LogP contribution >= 0.6 is 0 Å². The van der Waals surface area contributed by atoms with Crippen LogP contribution in [0.4, 0.5) is 23.5 Å². The smallest absolute Gasteiger partial charge is 0.475 e. The quantitative estimate of drug-likeness (QED) is 0.766. The summed E-state index contributed by atoms with van der Waals surface area (Å²) in [5.41, 5.74) is 0. The highest BCUT2D eigenvalue weighted by atomic mass is 19.4. The minimum atomic E-state index is -5.08. The number of carboxylic acids is 1. The van der Waals surface area contributed by atoms with Crippen LogP contribution in [0, 0.1) is 11.7 Å². The van der Waals surface area contributed by atoms with E-state index < -0.39 is 12.1 Å². The highest BCUT2D eigenvalue weighted by Crippen LogP contribution is 2.31. The predicted octanol–water partition coefficient (Wildman–Crippen LogP) is 1.94. The Hall–Kier alpha value is -2.01. The van der Waals surface area contributed by atoms with Crippen molar-refractivity contribution in [2.75, 3.05) is 37.7 Å². The fourth-order valence-electron chi connectivity index (χ4n) is 3.32. The lowest BCUT2D eigenvalue weighted by molar-refractivity contribution is -0.192. The molecule has 0 radical (unpaired) electrons. The second-order valence-electron chi connectivity index (χ2n) is 7.23. The van der Waals surface area contributed by atoms with Gasteiger partial charge in [-0.15, -0.1) is 0 Å². The van der Waals surface area contributed by atoms with Crippen LogP contribution in [0.2, 0.25) is 0 Å². The zero-order chi connectivity index (χ0) is 20.3. The van der Waals surface area contributed by atoms with Crippen LogP contribution in [0.5, 0.6) is 0 Å². The summed E-state index contributed by atoms with van der Waals surface area (Å²) >= 11 is 0. The number of halogens is 4. The molecule has 1 aromatic rings. The summed E-state index contributed by atoms with van der Waals surface area (Å²) in [6.07, 6.45) is 1.55. The van der Waals surface area contributed by atoms with E-state index in [1.54, 1.807) is 0 Å². The average Bonchev–Trinajstić information content (AvgIpc) is 3.38. The summed E-state index contributed by atoms with van der Waals surface area (Å²) < 4.78 is 50.7. The van der Waals surface area contributed by atoms with Gasteiger partial charge in [0.15, 0.2) is 5.82 Å². The minimum absolute atomic E-state index is 0.379. The molecule has 11 heteroatoms. The zero-order valence-electron chi connectivity index (χ0n) is 15.1. The van der Waals surface area contributed by atoms with Gasteiger partial charge < -0.3 is 14.7 Å². The Morgan fingerprint density at radius 2 is 1.86 bits per heavy atom. The maximum Gasteiger partial charge on any atom is 0.490 e. The van der Waals surface area contributed by atoms with Gasteiger partial charge in [0.05, 0.1) is 18.5 Å². The van der Waals surface area contributed by atoms with Gasteiger partial charge in [0.2, 0.25) is 5.95 Å². The van der Waals surface area contributed by atoms with E-state index in [1.807, 2.05) is 0 Å². The van der Waals surface area contributed by atoms with Gasteiger partial charge >= 0.3 is 12.1 Å². The molecular weight excluding hydrogens is 384 g/mol. The third-order valence-corrected chi connectivity index (χ3v) is 4.97. The van der Waals surface area contributed by atoms with Crippen LogP contribution in [-0.4, -0.2) is 77.1 Å². The van der Waals surface area contributed by atoms with Gasteiger partial charge in [0.25, 0.3) is 0 Å². The molecule has 4 rings (SSSR count). The highest BCUT2D eigenvalue weighted by molar-refractivity contribution is 5.73. The summed E-state index contributed by atoms with van der Waals surface area (Å²) in [5, 5.41) is 7.12. The molecule has 7 nitrogen and oxygen atoms in total. The molecule has 0 spiro atoms. The van der Waals surface area contributed by atoms with Crippen LogP contribution in [0.3, 0.4) is 0 Å². The third-order valence-electron chi connectivity index (χ3n) is 4.97. The summed E-state index contributed by atoms with van der Waals surface area (Å²) in [6.45, 7) is 4.81. The van der Waals surface area contributed by atoms with E-state index in [0.717, 1.165) is 45.1 Å². The molecule has 1 aromatic heterocycles. The van der Waals surface area contributed by atoms with Crippen molar-refractivity contribution in [3.05, 3.63) is 18.2 Å². The molecule has 0 unspecified atom stereocenters. The molecule has 0 aromatic carbocycles. The Labute approximate surface area is 159 Å². The van der Waals surface area contributed by atoms with Crippen LogP contribution in [0.25, 0.3) is 0 Å². The van der Waals surface area contributed by atoms with Gasteiger partial charge in [-0.25, -0.2) is 19.2 Å². The lowest BCUT2D eigenvalue weighted by atomic mass is 10.1. The molecule has 2 atom stereocenters. The number of hydrogen-bond donors (Lipinski definition) is 1. The van der Waals surface area contributed by atoms with E-state index in [1.165, 1.54) is 25.2 Å². The van der Waals surface area contributed by atoms with Gasteiger partial charge in [-0.1, -0.05) is 0 Å². The SMILES string of the molecule is Fc1cnc(N2CCN3C[C@H](OCC4CC4)C[C@H]3C2)nc1.O=C(O)C(F)(F)F. The molecule has 3 aliphatic rings. The molecule has 3 fully saturated rings. The van der Waals surface area contributed by atoms with Crippen molar-refractivity contribution >= 4 is 11.9 Å². The van der Waals surface area contributed by atoms with Crippen molar-refractivity contribution in [2.45, 2.75) is 37.6 Å². The van der Waals surface area contributed by atoms with Gasteiger partial charge in [-0.2, -0.15) is 13.2 Å². The van der Waals surface area contributed by atoms with Crippen molar-refractivity contribution in [3.8, 4) is 0 Å². The number of carboxylic acid groups (broad SMARTS) is 1. The Kier molecular flexibility index (Phi) is 6.33. The lowest BCUT2D eigenvalue weighted by Crippen LogP contribution is -2.50. The zero-order valence-corrected chi connectivity index (χ0v) is 15.1. The molecule has 0 bridgehead atoms. The van der Waals surface area contributed by atoms with E-state index in [4.69, 9.17) is 14.6 Å². The Bertz CT molecular complexity index is 669. The normalized spacial score (nSPS) is 25.1. The molecule has 28 heavy (non-hydrogen) atoms. The van der Waals surface area contributed by atoms with Crippen molar-refractivity contribution < 1.29 is 32.2 Å². The Morgan fingerprint density at radius 1 is 1.21 bits per heavy atom. The highest BCUT2D eigenvalue weighted by Gasteiger charge is 2.39. The second kappa shape index (κ2) is 8.56. The number of carbonyl (C=O) groups is 1. The number of hydrogen-bond acceptors (Lipinski definition) is 6. The summed E-state index contributed by atoms with van der Waals surface area (Å²) in [5.74, 6) is -1.68. The molecule has 1 N–H and O–H groups in total. The first kappa shape index (κ1) is 20.7. The fourth-order valence-corrected chi connectivity index (χ4v) is 3.32. The predicted molar refractivity (Wildman–Crippen MR) is 90.3 cm³/mol. The van der Waals surface area contributed by atoms with Crippen LogP contribution in [0.1, 0.15) is 19.3 Å². The topological polar surface area (TPSA) is 78.8 Å². The molecule has 2 aliphatic heterocycles. The van der Waals surface area contributed by atoms with Crippen molar-refractivity contribution in [3.63, 3.8) is 0 Å². The first-order valence-electron chi connectivity index (χ1n) is 9.10. The Balaban J connectivity index is 0.000000279. The van der Waals surface area contributed by atoms with Crippen LogP contribution < -0.4 is 4.90 Å². The van der Waals surface area contributed by atoms with E-state index in [9.17, 15) is 17.6 Å². The number of nitrogens with zero attached hydrogens (tertiary/aromatic N) is 4. The molecule has 156 valence electrons. The standard InChI is InChI=1S/C15H21FN4O.C2HF3O2/c16-12-6-17-15(18-7-12)20-4-3-19-9-14(5-13(19)8-20)21-10-11-1-2-11;3-2(4,5)1(6)7/h6-7,11,13-14H,1-5,8-10H2;(H,6,7)/t13-,14+;/m0./s1. The summed E-state index contributed by atoms with van der Waals surface area (Å²) in [7, 11) is 0. The minimum Gasteiger partial charge on any atom is -0.475 e. The van der Waals surface area contributed by atoms with Crippen LogP contribution in [0.15, 0.2) is 12.4 Å². The number of anilines is 1. The number of fused-ring (bicyclic) bond motifs is 1. The summed E-state index contributed by atoms with van der Waals surface area (Å²) in [6, 6.07) is 0.511. The van der Waals surface area contributed by atoms with Crippen molar-refractivity contribution in [2.24, 2.45) is 5.92 Å². The molecular formula is C17H22F4N4O3. The number of alkyl halides is 3. The van der Waals surface area contributed by atoms with Gasteiger partial charge in [0, 0.05) is 38.8 Å². The Morgan fingerprint density at radius 3 is 2.43 bits per heavy atom. The van der Waals surface area contributed by atoms with Crippen LogP contribution in [-0.2, 0) is 9.53 Å². The molecule has 1 saturated carbocycles. The third kappa shape index (κ3) is 5.74. The monoisotopic (exact) mass is 406 g/mol. The average molecular weight is 406 g/mol. The number of aliphatic carboxylic acids is 1. The van der Waals surface area contributed by atoms with Crippen molar-refractivity contribution in [1.29, 1.82) is 0 Å². The van der Waals surface area contributed by atoms with E-state index in [0.29, 0.717) is 18.1 Å². The molecule has 0 amide bonds. The number of piperazine rings is 1. The van der Waals surface area contributed by atoms with E-state index in [-0.39, 0.29) is 5.82 Å². The largest absolute Gasteiger partial charge is 0.490 e. The van der Waals surface area contributed by atoms with Crippen molar-refractivity contribution in [1.82, 2.24) is 14.9 Å². The maximum atomic E-state index is 12.9. The first-order valence-corrected chi connectivity index (χ1v) is 9.10. The number of aromatic nitrogens is 2. The lowest BCUT2D eigenvalue weighted by Gasteiger charge is -2.37. The van der Waals surface area contributed by atoms with E-state index >= 15 is 0 Å². The van der Waals surface area contributed by atoms with Gasteiger partial charge in [-0.05, 0) is 25.2 Å². The molecule has 1 aliphatic carbocycles. The van der Waals surface area contributed by atoms with Gasteiger partial charge in [-0.3, -0.25) is 4.90 Å². The first-order chi connectivity index (χ1) is 13.2. The van der Waals surface area contributed by atoms with E-state index in [2.05, 4.69) is 19.8 Å². The summed E-state index contributed by atoms with van der Waals surface area (Å²) in [4.78, 5) is 21.7. The van der Waals surface area contributed by atoms with Gasteiger partial charge in [0.1, 0.15) is 0 Å². The second-order valence-corrected chi connectivity index (χ2v) is 7.23. The number of rotatable bonds is 4.